The number of amides is 1. The molecular weight excluding hydrogens is 424 g/mol. The van der Waals surface area contributed by atoms with Crippen molar-refractivity contribution in [1.29, 1.82) is 0 Å². The molecule has 1 amide bonds. The van der Waals surface area contributed by atoms with Gasteiger partial charge in [-0.1, -0.05) is 0 Å². The fourth-order valence-electron chi connectivity index (χ4n) is 3.66. The Labute approximate surface area is 177 Å². The van der Waals surface area contributed by atoms with E-state index in [0.29, 0.717) is 16.8 Å². The number of aryl methyl sites for hydroxylation is 2. The molecule has 12 heteroatoms. The van der Waals surface area contributed by atoms with Crippen molar-refractivity contribution in [2.45, 2.75) is 37.6 Å². The first-order chi connectivity index (χ1) is 14.3. The molecule has 0 fully saturated rings. The number of aromatic amines is 1. The van der Waals surface area contributed by atoms with Gasteiger partial charge in [0.15, 0.2) is 5.65 Å². The summed E-state index contributed by atoms with van der Waals surface area (Å²) in [5.74, 6) is -0.00509. The number of fused-ring (bicyclic) bond motifs is 2. The number of H-pyrrole nitrogens is 1. The Kier molecular flexibility index (Phi) is 4.49. The molecule has 3 N–H and O–H groups in total. The minimum atomic E-state index is -3.95. The Morgan fingerprint density at radius 3 is 2.48 bits per heavy atom. The van der Waals surface area contributed by atoms with E-state index in [4.69, 9.17) is 0 Å². The fourth-order valence-corrected chi connectivity index (χ4v) is 4.76. The number of hydrogen-bond donors (Lipinski definition) is 3. The molecule has 4 rings (SSSR count). The number of carbonyl (C=O) groups is 1. The molecule has 1 aliphatic rings. The van der Waals surface area contributed by atoms with E-state index in [1.807, 2.05) is 0 Å². The SMILES string of the molecule is Cc1cc(S(=O)(=O)NCc2nc3c([nH]2)c(=O)n(C)c(=O)n3C)cc2c1NC(=O)C2(C)C. The molecule has 2 aromatic heterocycles. The van der Waals surface area contributed by atoms with Gasteiger partial charge in [-0.2, -0.15) is 0 Å². The molecule has 11 nitrogen and oxygen atoms in total. The average molecular weight is 446 g/mol. The molecule has 164 valence electrons. The summed E-state index contributed by atoms with van der Waals surface area (Å²) >= 11 is 0. The number of nitrogens with zero attached hydrogens (tertiary/aromatic N) is 3. The van der Waals surface area contributed by atoms with Gasteiger partial charge in [0, 0.05) is 19.8 Å². The molecule has 3 heterocycles. The second kappa shape index (κ2) is 6.62. The van der Waals surface area contributed by atoms with Crippen molar-refractivity contribution < 1.29 is 13.2 Å². The summed E-state index contributed by atoms with van der Waals surface area (Å²) in [6.07, 6.45) is 0. The zero-order valence-corrected chi connectivity index (χ0v) is 18.5. The van der Waals surface area contributed by atoms with Gasteiger partial charge in [0.2, 0.25) is 15.9 Å². The maximum Gasteiger partial charge on any atom is 0.332 e. The summed E-state index contributed by atoms with van der Waals surface area (Å²) in [6.45, 7) is 4.98. The van der Waals surface area contributed by atoms with Crippen molar-refractivity contribution >= 4 is 32.8 Å². The van der Waals surface area contributed by atoms with Crippen LogP contribution in [0.4, 0.5) is 5.69 Å². The molecule has 0 saturated carbocycles. The van der Waals surface area contributed by atoms with E-state index in [1.54, 1.807) is 20.8 Å². The molecule has 0 unspecified atom stereocenters. The predicted octanol–water partition coefficient (Wildman–Crippen LogP) is -0.0231. The van der Waals surface area contributed by atoms with Gasteiger partial charge in [-0.3, -0.25) is 18.7 Å². The zero-order chi connectivity index (χ0) is 22.9. The maximum atomic E-state index is 12.9. The van der Waals surface area contributed by atoms with E-state index in [2.05, 4.69) is 20.0 Å². The molecule has 0 radical (unpaired) electrons. The number of nitrogens with one attached hydrogen (secondary N) is 3. The van der Waals surface area contributed by atoms with Crippen molar-refractivity contribution in [2.24, 2.45) is 14.1 Å². The molecule has 0 bridgehead atoms. The minimum Gasteiger partial charge on any atom is -0.335 e. The molecule has 0 aliphatic carbocycles. The fraction of sp³-hybridized carbons (Fsp3) is 0.368. The van der Waals surface area contributed by atoms with Gasteiger partial charge in [-0.05, 0) is 44.0 Å². The number of sulfonamides is 1. The summed E-state index contributed by atoms with van der Waals surface area (Å²) in [5.41, 5.74) is 0.196. The van der Waals surface area contributed by atoms with Gasteiger partial charge < -0.3 is 10.3 Å². The van der Waals surface area contributed by atoms with Crippen molar-refractivity contribution in [1.82, 2.24) is 23.8 Å². The zero-order valence-electron chi connectivity index (χ0n) is 17.7. The van der Waals surface area contributed by atoms with Crippen LogP contribution in [0.25, 0.3) is 11.2 Å². The summed E-state index contributed by atoms with van der Waals surface area (Å²) in [5, 5.41) is 2.80. The van der Waals surface area contributed by atoms with Crippen LogP contribution in [-0.4, -0.2) is 33.4 Å². The smallest absolute Gasteiger partial charge is 0.332 e. The third-order valence-corrected chi connectivity index (χ3v) is 7.05. The summed E-state index contributed by atoms with van der Waals surface area (Å²) in [4.78, 5) is 43.5. The van der Waals surface area contributed by atoms with Crippen LogP contribution in [0.15, 0.2) is 26.6 Å². The number of imidazole rings is 1. The van der Waals surface area contributed by atoms with Gasteiger partial charge in [0.25, 0.3) is 5.56 Å². The number of rotatable bonds is 4. The van der Waals surface area contributed by atoms with Gasteiger partial charge >= 0.3 is 5.69 Å². The minimum absolute atomic E-state index is 0.0211. The van der Waals surface area contributed by atoms with E-state index in [-0.39, 0.29) is 34.3 Å². The van der Waals surface area contributed by atoms with E-state index < -0.39 is 26.7 Å². The number of anilines is 1. The van der Waals surface area contributed by atoms with Crippen LogP contribution in [0.1, 0.15) is 30.8 Å². The molecule has 0 saturated heterocycles. The first kappa shape index (κ1) is 21.0. The normalized spacial score (nSPS) is 15.3. The van der Waals surface area contributed by atoms with Crippen LogP contribution < -0.4 is 21.3 Å². The Morgan fingerprint density at radius 1 is 1.13 bits per heavy atom. The first-order valence-electron chi connectivity index (χ1n) is 9.45. The summed E-state index contributed by atoms with van der Waals surface area (Å²) in [6, 6.07) is 2.97. The highest BCUT2D eigenvalue weighted by Gasteiger charge is 2.40. The van der Waals surface area contributed by atoms with Crippen LogP contribution in [-0.2, 0) is 40.9 Å². The standard InChI is InChI=1S/C19H22N6O5S/c1-9-6-10(7-11-13(9)23-17(27)19(11,2)3)31(29,30)20-8-12-21-14-15(22-12)24(4)18(28)25(5)16(14)26/h6-7,20H,8H2,1-5H3,(H,21,22)(H,23,27). The number of carbonyl (C=O) groups excluding carboxylic acids is 1. The molecule has 1 aromatic carbocycles. The van der Waals surface area contributed by atoms with Crippen LogP contribution in [0.5, 0.6) is 0 Å². The Hall–Kier alpha value is -3.25. The lowest BCUT2D eigenvalue weighted by molar-refractivity contribution is -0.119. The molecule has 0 atom stereocenters. The lowest BCUT2D eigenvalue weighted by Gasteiger charge is -2.17. The van der Waals surface area contributed by atoms with Gasteiger partial charge in [0.1, 0.15) is 11.3 Å². The Balaban J connectivity index is 1.68. The van der Waals surface area contributed by atoms with Gasteiger partial charge in [-0.25, -0.2) is 22.9 Å². The first-order valence-corrected chi connectivity index (χ1v) is 10.9. The second-order valence-corrected chi connectivity index (χ2v) is 9.92. The highest BCUT2D eigenvalue weighted by atomic mass is 32.2. The van der Waals surface area contributed by atoms with Gasteiger partial charge in [-0.15, -0.1) is 0 Å². The number of aromatic nitrogens is 4. The van der Waals surface area contributed by atoms with Crippen LogP contribution in [0, 0.1) is 6.92 Å². The van der Waals surface area contributed by atoms with Crippen molar-refractivity contribution in [3.05, 3.63) is 49.9 Å². The van der Waals surface area contributed by atoms with E-state index in [9.17, 15) is 22.8 Å². The van der Waals surface area contributed by atoms with Crippen molar-refractivity contribution in [3.8, 4) is 0 Å². The topological polar surface area (TPSA) is 148 Å². The average Bonchev–Trinajstić information content (AvgIpc) is 3.23. The Bertz CT molecular complexity index is 1490. The second-order valence-electron chi connectivity index (χ2n) is 8.15. The van der Waals surface area contributed by atoms with Crippen molar-refractivity contribution in [3.63, 3.8) is 0 Å². The summed E-state index contributed by atoms with van der Waals surface area (Å²) in [7, 11) is -1.12. The molecule has 1 aliphatic heterocycles. The molecule has 31 heavy (non-hydrogen) atoms. The highest BCUT2D eigenvalue weighted by molar-refractivity contribution is 7.89. The number of hydrogen-bond acceptors (Lipinski definition) is 6. The van der Waals surface area contributed by atoms with Gasteiger partial charge in [0.05, 0.1) is 16.9 Å². The molecule has 0 spiro atoms. The maximum absolute atomic E-state index is 12.9. The Morgan fingerprint density at radius 2 is 1.81 bits per heavy atom. The van der Waals surface area contributed by atoms with Crippen LogP contribution >= 0.6 is 0 Å². The predicted molar refractivity (Wildman–Crippen MR) is 113 cm³/mol. The van der Waals surface area contributed by atoms with E-state index >= 15 is 0 Å². The van der Waals surface area contributed by atoms with Crippen LogP contribution in [0.2, 0.25) is 0 Å². The third kappa shape index (κ3) is 3.10. The molecular formula is C19H22N6O5S. The largest absolute Gasteiger partial charge is 0.335 e. The van der Waals surface area contributed by atoms with Crippen molar-refractivity contribution in [2.75, 3.05) is 5.32 Å². The van der Waals surface area contributed by atoms with Crippen LogP contribution in [0.3, 0.4) is 0 Å². The quantitative estimate of drug-likeness (QED) is 0.513. The highest BCUT2D eigenvalue weighted by Crippen LogP contribution is 2.40. The lowest BCUT2D eigenvalue weighted by atomic mass is 9.85. The molecule has 3 aromatic rings. The number of benzene rings is 1. The van der Waals surface area contributed by atoms with E-state index in [0.717, 1.165) is 4.57 Å². The van der Waals surface area contributed by atoms with E-state index in [1.165, 1.54) is 30.8 Å². The summed E-state index contributed by atoms with van der Waals surface area (Å²) < 4.78 is 30.5. The lowest BCUT2D eigenvalue weighted by Crippen LogP contribution is -2.36. The monoisotopic (exact) mass is 446 g/mol. The third-order valence-electron chi connectivity index (χ3n) is 5.67.